The Hall–Kier alpha value is -2.13. The fourth-order valence-corrected chi connectivity index (χ4v) is 3.07. The van der Waals surface area contributed by atoms with Crippen molar-refractivity contribution in [3.63, 3.8) is 0 Å². The van der Waals surface area contributed by atoms with E-state index in [2.05, 4.69) is 59.9 Å². The Balaban J connectivity index is 1.53. The first kappa shape index (κ1) is 14.5. The molecule has 1 N–H and O–H groups in total. The molecule has 4 rings (SSSR count). The summed E-state index contributed by atoms with van der Waals surface area (Å²) in [5, 5.41) is 3.57. The number of benzene rings is 2. The van der Waals surface area contributed by atoms with E-state index in [1.165, 1.54) is 24.0 Å². The third kappa shape index (κ3) is 3.45. The van der Waals surface area contributed by atoms with Crippen LogP contribution < -0.4 is 5.32 Å². The second kappa shape index (κ2) is 6.55. The number of aliphatic imine (C=N–C) groups is 1. The third-order valence-corrected chi connectivity index (χ3v) is 4.52. The summed E-state index contributed by atoms with van der Waals surface area (Å²) >= 11 is 0. The van der Waals surface area contributed by atoms with Gasteiger partial charge in [-0.3, -0.25) is 4.99 Å². The van der Waals surface area contributed by atoms with E-state index in [1.54, 1.807) is 0 Å². The van der Waals surface area contributed by atoms with E-state index in [9.17, 15) is 0 Å². The molecule has 2 aromatic carbocycles. The number of amidine groups is 1. The number of nitrogens with zero attached hydrogens (tertiary/aromatic N) is 1. The van der Waals surface area contributed by atoms with Crippen LogP contribution in [-0.4, -0.2) is 19.0 Å². The summed E-state index contributed by atoms with van der Waals surface area (Å²) in [6.07, 6.45) is 2.64. The van der Waals surface area contributed by atoms with Crippen LogP contribution in [0.2, 0.25) is 0 Å². The number of nitrogens with one attached hydrogen (secondary N) is 1. The Bertz CT molecular complexity index is 665. The molecule has 3 heteroatoms. The molecule has 0 bridgehead atoms. The van der Waals surface area contributed by atoms with Gasteiger partial charge in [0.05, 0.1) is 6.04 Å². The van der Waals surface area contributed by atoms with Crippen LogP contribution in [0.4, 0.5) is 0 Å². The van der Waals surface area contributed by atoms with E-state index in [0.29, 0.717) is 6.61 Å². The summed E-state index contributed by atoms with van der Waals surface area (Å²) in [6.45, 7) is 1.45. The minimum absolute atomic E-state index is 0.109. The Morgan fingerprint density at radius 1 is 0.913 bits per heavy atom. The van der Waals surface area contributed by atoms with E-state index in [1.807, 2.05) is 6.07 Å². The molecule has 118 valence electrons. The highest BCUT2D eigenvalue weighted by atomic mass is 16.5. The van der Waals surface area contributed by atoms with Crippen LogP contribution in [0.25, 0.3) is 0 Å². The highest BCUT2D eigenvalue weighted by molar-refractivity contribution is 5.86. The molecule has 1 saturated carbocycles. The SMILES string of the molecule is c1ccc([C@H]2NC(COCC3CC3)=N[C@H]2c2ccccc2)cc1. The van der Waals surface area contributed by atoms with E-state index >= 15 is 0 Å². The van der Waals surface area contributed by atoms with Crippen LogP contribution >= 0.6 is 0 Å². The van der Waals surface area contributed by atoms with Crippen LogP contribution in [0, 0.1) is 5.92 Å². The summed E-state index contributed by atoms with van der Waals surface area (Å²) in [6, 6.07) is 21.3. The zero-order valence-electron chi connectivity index (χ0n) is 13.2. The molecule has 2 atom stereocenters. The van der Waals surface area contributed by atoms with Crippen molar-refractivity contribution < 1.29 is 4.74 Å². The fourth-order valence-electron chi connectivity index (χ4n) is 3.07. The van der Waals surface area contributed by atoms with E-state index in [-0.39, 0.29) is 12.1 Å². The van der Waals surface area contributed by atoms with Crippen molar-refractivity contribution in [2.24, 2.45) is 10.9 Å². The molecular formula is C20H22N2O. The lowest BCUT2D eigenvalue weighted by molar-refractivity contribution is 0.159. The Kier molecular flexibility index (Phi) is 4.12. The van der Waals surface area contributed by atoms with Crippen molar-refractivity contribution >= 4 is 5.84 Å². The molecule has 1 aliphatic carbocycles. The molecule has 0 saturated heterocycles. The summed E-state index contributed by atoms with van der Waals surface area (Å²) < 4.78 is 5.82. The first-order valence-electron chi connectivity index (χ1n) is 8.41. The number of ether oxygens (including phenoxy) is 1. The van der Waals surface area contributed by atoms with E-state index in [4.69, 9.17) is 9.73 Å². The zero-order valence-corrected chi connectivity index (χ0v) is 13.2. The molecule has 0 aromatic heterocycles. The molecule has 1 fully saturated rings. The summed E-state index contributed by atoms with van der Waals surface area (Å²) in [4.78, 5) is 4.91. The van der Waals surface area contributed by atoms with Crippen molar-refractivity contribution in [3.05, 3.63) is 71.8 Å². The summed E-state index contributed by atoms with van der Waals surface area (Å²) in [5.74, 6) is 1.75. The predicted molar refractivity (Wildman–Crippen MR) is 92.5 cm³/mol. The summed E-state index contributed by atoms with van der Waals surface area (Å²) in [5.41, 5.74) is 2.51. The average Bonchev–Trinajstić information content (AvgIpc) is 3.34. The first-order valence-corrected chi connectivity index (χ1v) is 8.41. The van der Waals surface area contributed by atoms with Crippen molar-refractivity contribution in [1.82, 2.24) is 5.32 Å². The van der Waals surface area contributed by atoms with Crippen LogP contribution in [0.3, 0.4) is 0 Å². The lowest BCUT2D eigenvalue weighted by Crippen LogP contribution is -2.27. The van der Waals surface area contributed by atoms with Gasteiger partial charge in [-0.2, -0.15) is 0 Å². The molecule has 2 aromatic rings. The number of hydrogen-bond acceptors (Lipinski definition) is 3. The number of rotatable bonds is 6. The van der Waals surface area contributed by atoms with Gasteiger partial charge in [-0.25, -0.2) is 0 Å². The van der Waals surface area contributed by atoms with Gasteiger partial charge in [0.1, 0.15) is 18.5 Å². The molecule has 3 nitrogen and oxygen atoms in total. The molecule has 23 heavy (non-hydrogen) atoms. The lowest BCUT2D eigenvalue weighted by atomic mass is 9.95. The largest absolute Gasteiger partial charge is 0.373 e. The predicted octanol–water partition coefficient (Wildman–Crippen LogP) is 3.90. The van der Waals surface area contributed by atoms with Crippen LogP contribution in [-0.2, 0) is 4.74 Å². The van der Waals surface area contributed by atoms with Crippen LogP contribution in [0.5, 0.6) is 0 Å². The van der Waals surface area contributed by atoms with Gasteiger partial charge in [-0.1, -0.05) is 60.7 Å². The molecule has 1 heterocycles. The maximum Gasteiger partial charge on any atom is 0.124 e. The van der Waals surface area contributed by atoms with Gasteiger partial charge in [-0.15, -0.1) is 0 Å². The molecule has 1 aliphatic heterocycles. The summed E-state index contributed by atoms with van der Waals surface area (Å²) in [7, 11) is 0. The lowest BCUT2D eigenvalue weighted by Gasteiger charge is -2.19. The highest BCUT2D eigenvalue weighted by Gasteiger charge is 2.31. The number of hydrogen-bond donors (Lipinski definition) is 1. The molecule has 0 amide bonds. The van der Waals surface area contributed by atoms with Gasteiger partial charge in [0.25, 0.3) is 0 Å². The highest BCUT2D eigenvalue weighted by Crippen LogP contribution is 2.36. The van der Waals surface area contributed by atoms with Gasteiger partial charge in [0, 0.05) is 6.61 Å². The van der Waals surface area contributed by atoms with Gasteiger partial charge >= 0.3 is 0 Å². The fraction of sp³-hybridized carbons (Fsp3) is 0.350. The molecule has 2 aliphatic rings. The van der Waals surface area contributed by atoms with Gasteiger partial charge < -0.3 is 10.1 Å². The maximum absolute atomic E-state index is 5.82. The van der Waals surface area contributed by atoms with Crippen molar-refractivity contribution in [3.8, 4) is 0 Å². The van der Waals surface area contributed by atoms with Gasteiger partial charge in [0.15, 0.2) is 0 Å². The van der Waals surface area contributed by atoms with Crippen molar-refractivity contribution in [2.75, 3.05) is 13.2 Å². The molecule has 0 spiro atoms. The molecule has 0 radical (unpaired) electrons. The minimum atomic E-state index is 0.109. The third-order valence-electron chi connectivity index (χ3n) is 4.52. The standard InChI is InChI=1S/C20H22N2O/c1-3-7-16(8-4-1)19-20(17-9-5-2-6-10-17)22-18(21-19)14-23-13-15-11-12-15/h1-10,15,19-20H,11-14H2,(H,21,22)/t19-,20+. The van der Waals surface area contributed by atoms with Gasteiger partial charge in [0.2, 0.25) is 0 Å². The quantitative estimate of drug-likeness (QED) is 0.878. The van der Waals surface area contributed by atoms with Crippen molar-refractivity contribution in [2.45, 2.75) is 24.9 Å². The van der Waals surface area contributed by atoms with Crippen molar-refractivity contribution in [1.29, 1.82) is 0 Å². The normalized spacial score (nSPS) is 23.4. The Morgan fingerprint density at radius 3 is 2.22 bits per heavy atom. The Labute approximate surface area is 137 Å². The van der Waals surface area contributed by atoms with E-state index in [0.717, 1.165) is 18.4 Å². The average molecular weight is 306 g/mol. The molecule has 0 unspecified atom stereocenters. The van der Waals surface area contributed by atoms with Crippen LogP contribution in [0.15, 0.2) is 65.7 Å². The molecular weight excluding hydrogens is 284 g/mol. The first-order chi connectivity index (χ1) is 11.4. The second-order valence-corrected chi connectivity index (χ2v) is 6.42. The second-order valence-electron chi connectivity index (χ2n) is 6.42. The van der Waals surface area contributed by atoms with Gasteiger partial charge in [-0.05, 0) is 29.9 Å². The maximum atomic E-state index is 5.82. The van der Waals surface area contributed by atoms with Crippen LogP contribution in [0.1, 0.15) is 36.1 Å². The smallest absolute Gasteiger partial charge is 0.124 e. The van der Waals surface area contributed by atoms with E-state index < -0.39 is 0 Å². The topological polar surface area (TPSA) is 33.6 Å². The monoisotopic (exact) mass is 306 g/mol. The minimum Gasteiger partial charge on any atom is -0.373 e. The zero-order chi connectivity index (χ0) is 15.5. The Morgan fingerprint density at radius 2 is 1.57 bits per heavy atom.